The van der Waals surface area contributed by atoms with Gasteiger partial charge in [0.1, 0.15) is 0 Å². The van der Waals surface area contributed by atoms with Crippen molar-refractivity contribution in [3.63, 3.8) is 0 Å². The number of nitrogens with one attached hydrogen (secondary N) is 1. The summed E-state index contributed by atoms with van der Waals surface area (Å²) in [6.45, 7) is 6.45. The van der Waals surface area contributed by atoms with Crippen LogP contribution in [0.5, 0.6) is 0 Å². The number of nitrogens with zero attached hydrogens (tertiary/aromatic N) is 1. The molecule has 6 nitrogen and oxygen atoms in total. The zero-order valence-corrected chi connectivity index (χ0v) is 19.8. The van der Waals surface area contributed by atoms with E-state index in [9.17, 15) is 0 Å². The predicted octanol–water partition coefficient (Wildman–Crippen LogP) is 3.65. The molecule has 0 saturated carbocycles. The van der Waals surface area contributed by atoms with E-state index in [1.807, 2.05) is 43.7 Å². The SMILES string of the molecule is CCSC(C)CSC1=C(N(C)C)C(OCCOC)C2(C=C1SC=N)OCCO2. The largest absolute Gasteiger partial charge is 0.382 e. The van der Waals surface area contributed by atoms with E-state index in [2.05, 4.69) is 18.7 Å². The fraction of sp³-hybridized carbons (Fsp3) is 0.737. The quantitative estimate of drug-likeness (QED) is 0.276. The summed E-state index contributed by atoms with van der Waals surface area (Å²) in [7, 11) is 5.71. The van der Waals surface area contributed by atoms with Gasteiger partial charge in [0.15, 0.2) is 6.10 Å². The summed E-state index contributed by atoms with van der Waals surface area (Å²) in [6.07, 6.45) is 1.62. The molecule has 2 unspecified atom stereocenters. The van der Waals surface area contributed by atoms with Crippen LogP contribution in [0.15, 0.2) is 21.6 Å². The molecule has 0 aromatic heterocycles. The lowest BCUT2D eigenvalue weighted by Gasteiger charge is -2.41. The van der Waals surface area contributed by atoms with Crippen LogP contribution in [-0.4, -0.2) is 86.7 Å². The van der Waals surface area contributed by atoms with Crippen LogP contribution in [0.2, 0.25) is 0 Å². The second kappa shape index (κ2) is 11.9. The minimum absolute atomic E-state index is 0.383. The first-order valence-corrected chi connectivity index (χ1v) is 12.3. The first-order valence-electron chi connectivity index (χ1n) is 9.42. The van der Waals surface area contributed by atoms with Crippen molar-refractivity contribution < 1.29 is 18.9 Å². The molecule has 1 heterocycles. The standard InChI is InChI=1S/C19H32N2O4S3/c1-6-26-14(2)12-27-17-15(28-13-20)11-19(24-9-10-25-19)18(16(17)21(3)4)23-8-7-22-5/h11,13-14,18,20H,6-10,12H2,1-5H3. The van der Waals surface area contributed by atoms with Gasteiger partial charge in [0.25, 0.3) is 0 Å². The van der Waals surface area contributed by atoms with E-state index in [0.717, 1.165) is 27.0 Å². The van der Waals surface area contributed by atoms with Crippen LogP contribution in [0.1, 0.15) is 13.8 Å². The monoisotopic (exact) mass is 448 g/mol. The van der Waals surface area contributed by atoms with Crippen LogP contribution in [-0.2, 0) is 18.9 Å². The molecule has 1 spiro atoms. The Balaban J connectivity index is 2.41. The van der Waals surface area contributed by atoms with E-state index in [-0.39, 0.29) is 6.10 Å². The van der Waals surface area contributed by atoms with Crippen LogP contribution >= 0.6 is 35.3 Å². The molecule has 1 aliphatic heterocycles. The van der Waals surface area contributed by atoms with Gasteiger partial charge in [-0.15, -0.1) is 11.8 Å². The highest BCUT2D eigenvalue weighted by Crippen LogP contribution is 2.47. The number of ether oxygens (including phenoxy) is 4. The first kappa shape index (κ1) is 24.1. The average molecular weight is 449 g/mol. The highest BCUT2D eigenvalue weighted by Gasteiger charge is 2.50. The summed E-state index contributed by atoms with van der Waals surface area (Å²) in [5.74, 6) is 1.14. The van der Waals surface area contributed by atoms with Gasteiger partial charge in [0.05, 0.1) is 37.7 Å². The number of methoxy groups -OCH3 is 1. The zero-order chi connectivity index (χ0) is 20.6. The number of hydrogen-bond acceptors (Lipinski definition) is 9. The second-order valence-electron chi connectivity index (χ2n) is 6.59. The number of thioether (sulfide) groups is 3. The predicted molar refractivity (Wildman–Crippen MR) is 121 cm³/mol. The summed E-state index contributed by atoms with van der Waals surface area (Å²) in [4.78, 5) is 4.21. The topological polar surface area (TPSA) is 64.0 Å². The Hall–Kier alpha value is -0.160. The van der Waals surface area contributed by atoms with Crippen molar-refractivity contribution in [2.45, 2.75) is 31.0 Å². The third kappa shape index (κ3) is 5.93. The molecule has 1 aliphatic carbocycles. The maximum absolute atomic E-state index is 7.65. The molecule has 0 amide bonds. The Kier molecular flexibility index (Phi) is 10.2. The van der Waals surface area contributed by atoms with Gasteiger partial charge < -0.3 is 29.3 Å². The van der Waals surface area contributed by atoms with Crippen molar-refractivity contribution in [1.29, 1.82) is 5.41 Å². The van der Waals surface area contributed by atoms with E-state index in [4.69, 9.17) is 24.4 Å². The normalized spacial score (nSPS) is 22.5. The fourth-order valence-corrected chi connectivity index (χ4v) is 6.24. The van der Waals surface area contributed by atoms with E-state index in [0.29, 0.717) is 31.7 Å². The molecule has 2 aliphatic rings. The maximum Gasteiger partial charge on any atom is 0.222 e. The molecule has 1 fully saturated rings. The smallest absolute Gasteiger partial charge is 0.222 e. The molecule has 1 N–H and O–H groups in total. The Morgan fingerprint density at radius 2 is 2.07 bits per heavy atom. The van der Waals surface area contributed by atoms with Crippen molar-refractivity contribution in [2.24, 2.45) is 0 Å². The zero-order valence-electron chi connectivity index (χ0n) is 17.4. The Morgan fingerprint density at radius 1 is 1.36 bits per heavy atom. The lowest BCUT2D eigenvalue weighted by molar-refractivity contribution is -0.197. The van der Waals surface area contributed by atoms with Gasteiger partial charge in [-0.1, -0.05) is 25.6 Å². The lowest BCUT2D eigenvalue weighted by Crippen LogP contribution is -2.50. The summed E-state index contributed by atoms with van der Waals surface area (Å²) in [5, 5.41) is 8.19. The minimum Gasteiger partial charge on any atom is -0.382 e. The van der Waals surface area contributed by atoms with Crippen molar-refractivity contribution in [3.8, 4) is 0 Å². The highest BCUT2D eigenvalue weighted by molar-refractivity contribution is 8.17. The molecular weight excluding hydrogens is 416 g/mol. The van der Waals surface area contributed by atoms with Gasteiger partial charge in [-0.3, -0.25) is 0 Å². The van der Waals surface area contributed by atoms with Gasteiger partial charge in [-0.2, -0.15) is 11.8 Å². The van der Waals surface area contributed by atoms with E-state index in [1.165, 1.54) is 17.3 Å². The third-order valence-electron chi connectivity index (χ3n) is 4.29. The molecule has 0 aromatic carbocycles. The van der Waals surface area contributed by atoms with Crippen molar-refractivity contribution >= 4 is 40.8 Å². The van der Waals surface area contributed by atoms with E-state index in [1.54, 1.807) is 7.11 Å². The molecule has 1 saturated heterocycles. The second-order valence-corrected chi connectivity index (χ2v) is 10.2. The first-order chi connectivity index (χ1) is 13.5. The minimum atomic E-state index is -0.952. The molecule has 0 bridgehead atoms. The summed E-state index contributed by atoms with van der Waals surface area (Å²) in [6, 6.07) is 0. The Bertz CT molecular complexity index is 578. The maximum atomic E-state index is 7.65. The molecule has 160 valence electrons. The molecule has 0 aromatic rings. The number of hydrogen-bond donors (Lipinski definition) is 1. The van der Waals surface area contributed by atoms with Crippen LogP contribution in [0.3, 0.4) is 0 Å². The number of likely N-dealkylation sites (N-methyl/N-ethyl adjacent to an activating group) is 1. The Labute approximate surface area is 181 Å². The summed E-state index contributed by atoms with van der Waals surface area (Å²) >= 11 is 5.16. The van der Waals surface area contributed by atoms with Crippen LogP contribution in [0, 0.1) is 5.41 Å². The fourth-order valence-electron chi connectivity index (χ4n) is 3.15. The van der Waals surface area contributed by atoms with Gasteiger partial charge in [-0.05, 0) is 11.8 Å². The summed E-state index contributed by atoms with van der Waals surface area (Å²) in [5.41, 5.74) is 2.39. The molecular formula is C19H32N2O4S3. The number of rotatable bonds is 12. The van der Waals surface area contributed by atoms with Crippen LogP contribution in [0.4, 0.5) is 0 Å². The lowest BCUT2D eigenvalue weighted by atomic mass is 9.99. The molecule has 9 heteroatoms. The van der Waals surface area contributed by atoms with Crippen molar-refractivity contribution in [3.05, 3.63) is 21.6 Å². The molecule has 28 heavy (non-hydrogen) atoms. The van der Waals surface area contributed by atoms with Crippen LogP contribution < -0.4 is 0 Å². The molecule has 2 atom stereocenters. The van der Waals surface area contributed by atoms with E-state index >= 15 is 0 Å². The van der Waals surface area contributed by atoms with Gasteiger partial charge in [0.2, 0.25) is 5.79 Å². The van der Waals surface area contributed by atoms with Gasteiger partial charge in [0, 0.05) is 42.0 Å². The van der Waals surface area contributed by atoms with Crippen molar-refractivity contribution in [1.82, 2.24) is 4.90 Å². The average Bonchev–Trinajstić information content (AvgIpc) is 3.11. The molecule has 0 radical (unpaired) electrons. The summed E-state index contributed by atoms with van der Waals surface area (Å²) < 4.78 is 23.6. The Morgan fingerprint density at radius 3 is 2.64 bits per heavy atom. The van der Waals surface area contributed by atoms with Gasteiger partial charge >= 0.3 is 0 Å². The van der Waals surface area contributed by atoms with Crippen LogP contribution in [0.25, 0.3) is 0 Å². The highest BCUT2D eigenvalue weighted by atomic mass is 32.2. The van der Waals surface area contributed by atoms with E-state index < -0.39 is 5.79 Å². The van der Waals surface area contributed by atoms with Crippen molar-refractivity contribution in [2.75, 3.05) is 59.1 Å². The third-order valence-corrected chi connectivity index (χ3v) is 7.78. The van der Waals surface area contributed by atoms with Gasteiger partial charge in [-0.25, -0.2) is 0 Å². The molecule has 2 rings (SSSR count).